The lowest BCUT2D eigenvalue weighted by atomic mass is 10.0. The van der Waals surface area contributed by atoms with Gasteiger partial charge in [-0.05, 0) is 36.4 Å². The second-order valence-electron chi connectivity index (χ2n) is 6.91. The summed E-state index contributed by atoms with van der Waals surface area (Å²) in [5.74, 6) is 0.607. The first kappa shape index (κ1) is 15.7. The predicted octanol–water partition coefficient (Wildman–Crippen LogP) is 1.99. The van der Waals surface area contributed by atoms with Crippen LogP contribution in [0.2, 0.25) is 0 Å². The number of anilines is 1. The van der Waals surface area contributed by atoms with E-state index in [0.717, 1.165) is 26.2 Å². The second kappa shape index (κ2) is 6.24. The molecule has 2 aromatic carbocycles. The molecule has 4 rings (SSSR count). The molecular formula is C20H21N3O2. The van der Waals surface area contributed by atoms with Gasteiger partial charge in [0, 0.05) is 54.8 Å². The molecule has 2 heterocycles. The van der Waals surface area contributed by atoms with Crippen molar-refractivity contribution in [2.75, 3.05) is 31.1 Å². The summed E-state index contributed by atoms with van der Waals surface area (Å²) in [6.07, 6.45) is 0. The van der Waals surface area contributed by atoms with E-state index < -0.39 is 5.91 Å². The third kappa shape index (κ3) is 2.97. The van der Waals surface area contributed by atoms with Crippen LogP contribution in [0.25, 0.3) is 0 Å². The molecule has 2 unspecified atom stereocenters. The van der Waals surface area contributed by atoms with Crippen molar-refractivity contribution in [3.05, 3.63) is 65.7 Å². The minimum atomic E-state index is -0.476. The van der Waals surface area contributed by atoms with E-state index in [-0.39, 0.29) is 5.91 Å². The lowest BCUT2D eigenvalue weighted by Gasteiger charge is -2.23. The number of carbonyl (C=O) groups is 2. The molecule has 2 atom stereocenters. The maximum Gasteiger partial charge on any atom is 0.253 e. The highest BCUT2D eigenvalue weighted by atomic mass is 16.2. The molecule has 0 saturated carbocycles. The largest absolute Gasteiger partial charge is 0.371 e. The van der Waals surface area contributed by atoms with Crippen molar-refractivity contribution in [3.63, 3.8) is 0 Å². The van der Waals surface area contributed by atoms with Crippen molar-refractivity contribution in [2.24, 2.45) is 17.6 Å². The van der Waals surface area contributed by atoms with Crippen LogP contribution < -0.4 is 10.6 Å². The number of fused-ring (bicyclic) bond motifs is 1. The molecule has 0 aromatic heterocycles. The highest BCUT2D eigenvalue weighted by molar-refractivity contribution is 5.97. The van der Waals surface area contributed by atoms with Crippen molar-refractivity contribution in [3.8, 4) is 0 Å². The average molecular weight is 335 g/mol. The fourth-order valence-corrected chi connectivity index (χ4v) is 3.97. The number of nitrogens with zero attached hydrogens (tertiary/aromatic N) is 2. The molecule has 2 N–H and O–H groups in total. The van der Waals surface area contributed by atoms with E-state index in [9.17, 15) is 9.59 Å². The normalized spacial score (nSPS) is 22.1. The summed E-state index contributed by atoms with van der Waals surface area (Å²) in [5, 5.41) is 0. The van der Waals surface area contributed by atoms with Gasteiger partial charge in [-0.1, -0.05) is 18.2 Å². The Bertz CT molecular complexity index is 774. The van der Waals surface area contributed by atoms with Gasteiger partial charge in [0.05, 0.1) is 0 Å². The van der Waals surface area contributed by atoms with Gasteiger partial charge in [0.1, 0.15) is 0 Å². The fourth-order valence-electron chi connectivity index (χ4n) is 3.97. The Hall–Kier alpha value is -2.82. The third-order valence-electron chi connectivity index (χ3n) is 5.31. The Labute approximate surface area is 147 Å². The summed E-state index contributed by atoms with van der Waals surface area (Å²) in [7, 11) is 0. The number of nitrogens with two attached hydrogens (primary N) is 1. The van der Waals surface area contributed by atoms with E-state index in [1.807, 2.05) is 11.0 Å². The van der Waals surface area contributed by atoms with Crippen molar-refractivity contribution in [1.82, 2.24) is 4.90 Å². The molecular weight excluding hydrogens is 314 g/mol. The Balaban J connectivity index is 1.41. The number of carbonyl (C=O) groups excluding carboxylic acids is 2. The van der Waals surface area contributed by atoms with Crippen LogP contribution in [0.15, 0.2) is 54.6 Å². The molecule has 2 saturated heterocycles. The van der Waals surface area contributed by atoms with Crippen molar-refractivity contribution in [2.45, 2.75) is 0 Å². The van der Waals surface area contributed by atoms with E-state index in [4.69, 9.17) is 5.73 Å². The summed E-state index contributed by atoms with van der Waals surface area (Å²) in [6.45, 7) is 3.59. The number of hydrogen-bond donors (Lipinski definition) is 1. The topological polar surface area (TPSA) is 66.6 Å². The molecule has 2 fully saturated rings. The monoisotopic (exact) mass is 335 g/mol. The van der Waals surface area contributed by atoms with Crippen LogP contribution in [0.1, 0.15) is 20.7 Å². The van der Waals surface area contributed by atoms with Crippen LogP contribution in [-0.2, 0) is 0 Å². The standard InChI is InChI=1S/C20H21N3O2/c21-19(24)14-6-8-15(9-7-14)20(25)23-12-16-10-22(11-17(16)13-23)18-4-2-1-3-5-18/h1-9,16-17H,10-13H2,(H2,21,24). The molecule has 2 aliphatic rings. The van der Waals surface area contributed by atoms with E-state index in [1.165, 1.54) is 5.69 Å². The third-order valence-corrected chi connectivity index (χ3v) is 5.31. The molecule has 0 radical (unpaired) electrons. The maximum absolute atomic E-state index is 12.7. The molecule has 2 aromatic rings. The molecule has 0 aliphatic carbocycles. The van der Waals surface area contributed by atoms with E-state index in [1.54, 1.807) is 24.3 Å². The quantitative estimate of drug-likeness (QED) is 0.933. The number of para-hydroxylation sites is 1. The Morgan fingerprint density at radius 1 is 0.800 bits per heavy atom. The summed E-state index contributed by atoms with van der Waals surface area (Å²) < 4.78 is 0. The van der Waals surface area contributed by atoms with Gasteiger partial charge in [0.2, 0.25) is 5.91 Å². The fraction of sp³-hybridized carbons (Fsp3) is 0.300. The molecule has 5 heteroatoms. The van der Waals surface area contributed by atoms with Gasteiger partial charge in [-0.15, -0.1) is 0 Å². The van der Waals surface area contributed by atoms with Crippen LogP contribution in [-0.4, -0.2) is 42.9 Å². The van der Waals surface area contributed by atoms with Crippen LogP contribution in [0.3, 0.4) is 0 Å². The number of amides is 2. The van der Waals surface area contributed by atoms with E-state index in [2.05, 4.69) is 29.2 Å². The van der Waals surface area contributed by atoms with Gasteiger partial charge >= 0.3 is 0 Å². The molecule has 0 spiro atoms. The Morgan fingerprint density at radius 3 is 1.92 bits per heavy atom. The van der Waals surface area contributed by atoms with Crippen LogP contribution in [0.4, 0.5) is 5.69 Å². The van der Waals surface area contributed by atoms with Crippen LogP contribution in [0, 0.1) is 11.8 Å². The van der Waals surface area contributed by atoms with E-state index >= 15 is 0 Å². The van der Waals surface area contributed by atoms with Crippen LogP contribution in [0.5, 0.6) is 0 Å². The molecule has 2 aliphatic heterocycles. The van der Waals surface area contributed by atoms with Crippen molar-refractivity contribution in [1.29, 1.82) is 0 Å². The summed E-state index contributed by atoms with van der Waals surface area (Å²) in [6, 6.07) is 17.1. The van der Waals surface area contributed by atoms with Gasteiger partial charge < -0.3 is 15.5 Å². The maximum atomic E-state index is 12.7. The Morgan fingerprint density at radius 2 is 1.36 bits per heavy atom. The first-order valence-electron chi connectivity index (χ1n) is 8.61. The zero-order chi connectivity index (χ0) is 17.4. The number of benzene rings is 2. The average Bonchev–Trinajstić information content (AvgIpc) is 3.21. The molecule has 0 bridgehead atoms. The number of likely N-dealkylation sites (tertiary alicyclic amines) is 1. The summed E-state index contributed by atoms with van der Waals surface area (Å²) in [5.41, 5.74) is 7.55. The van der Waals surface area contributed by atoms with Gasteiger partial charge in [0.25, 0.3) is 5.91 Å². The van der Waals surface area contributed by atoms with Gasteiger partial charge in [0.15, 0.2) is 0 Å². The predicted molar refractivity (Wildman–Crippen MR) is 96.5 cm³/mol. The van der Waals surface area contributed by atoms with E-state index in [0.29, 0.717) is 23.0 Å². The lowest BCUT2D eigenvalue weighted by Crippen LogP contribution is -2.33. The smallest absolute Gasteiger partial charge is 0.253 e. The molecule has 128 valence electrons. The van der Waals surface area contributed by atoms with Crippen molar-refractivity contribution < 1.29 is 9.59 Å². The number of hydrogen-bond acceptors (Lipinski definition) is 3. The second-order valence-corrected chi connectivity index (χ2v) is 6.91. The van der Waals surface area contributed by atoms with Gasteiger partial charge in [-0.3, -0.25) is 9.59 Å². The number of rotatable bonds is 3. The highest BCUT2D eigenvalue weighted by Gasteiger charge is 2.41. The number of primary amides is 1. The molecule has 5 nitrogen and oxygen atoms in total. The SMILES string of the molecule is NC(=O)c1ccc(C(=O)N2CC3CN(c4ccccc4)CC3C2)cc1. The van der Waals surface area contributed by atoms with Gasteiger partial charge in [-0.25, -0.2) is 0 Å². The minimum absolute atomic E-state index is 0.0386. The molecule has 2 amide bonds. The summed E-state index contributed by atoms with van der Waals surface area (Å²) in [4.78, 5) is 28.2. The van der Waals surface area contributed by atoms with Crippen molar-refractivity contribution >= 4 is 17.5 Å². The first-order chi connectivity index (χ1) is 12.1. The molecule has 25 heavy (non-hydrogen) atoms. The minimum Gasteiger partial charge on any atom is -0.371 e. The zero-order valence-electron chi connectivity index (χ0n) is 14.0. The first-order valence-corrected chi connectivity index (χ1v) is 8.61. The highest BCUT2D eigenvalue weighted by Crippen LogP contribution is 2.34. The zero-order valence-corrected chi connectivity index (χ0v) is 14.0. The summed E-state index contributed by atoms with van der Waals surface area (Å²) >= 11 is 0. The van der Waals surface area contributed by atoms with Crippen LogP contribution >= 0.6 is 0 Å². The lowest BCUT2D eigenvalue weighted by molar-refractivity contribution is 0.0782. The van der Waals surface area contributed by atoms with Gasteiger partial charge in [-0.2, -0.15) is 0 Å². The Kier molecular flexibility index (Phi) is 3.92.